The fraction of sp³-hybridized carbons (Fsp3) is 0.450. The molecule has 1 unspecified atom stereocenters. The lowest BCUT2D eigenvalue weighted by atomic mass is 9.98. The van der Waals surface area contributed by atoms with Crippen molar-refractivity contribution in [1.82, 2.24) is 14.9 Å². The standard InChI is InChI=1S/C20H25N3O3/c1-22-8-6-14(7-9-22)18-12-21-19-5-4-15(11-17(18)19)20(24)23(25)13-16-3-2-10-26-16/h4-6,11-12,16,21,25H,2-3,7-10,13H2,1H3. The number of ether oxygens (including phenoxy) is 1. The summed E-state index contributed by atoms with van der Waals surface area (Å²) in [4.78, 5) is 18.2. The molecule has 1 saturated heterocycles. The molecule has 3 heterocycles. The van der Waals surface area contributed by atoms with Crippen molar-refractivity contribution < 1.29 is 14.7 Å². The summed E-state index contributed by atoms with van der Waals surface area (Å²) in [5.74, 6) is -0.382. The van der Waals surface area contributed by atoms with Gasteiger partial charge in [-0.3, -0.25) is 10.0 Å². The van der Waals surface area contributed by atoms with Crippen molar-refractivity contribution in [2.75, 3.05) is 33.3 Å². The van der Waals surface area contributed by atoms with Crippen LogP contribution < -0.4 is 0 Å². The Bertz CT molecular complexity index is 836. The Morgan fingerprint density at radius 3 is 3.08 bits per heavy atom. The van der Waals surface area contributed by atoms with E-state index in [1.165, 1.54) is 5.57 Å². The lowest BCUT2D eigenvalue weighted by Gasteiger charge is -2.22. The minimum Gasteiger partial charge on any atom is -0.376 e. The van der Waals surface area contributed by atoms with Gasteiger partial charge < -0.3 is 14.6 Å². The van der Waals surface area contributed by atoms with Crippen LogP contribution in [-0.4, -0.2) is 65.5 Å². The molecule has 0 radical (unpaired) electrons. The predicted molar refractivity (Wildman–Crippen MR) is 100 cm³/mol. The molecule has 0 saturated carbocycles. The second-order valence-corrected chi connectivity index (χ2v) is 7.23. The molecule has 1 amide bonds. The maximum atomic E-state index is 12.6. The van der Waals surface area contributed by atoms with Gasteiger partial charge in [0.2, 0.25) is 0 Å². The van der Waals surface area contributed by atoms with Crippen LogP contribution >= 0.6 is 0 Å². The number of hydrogen-bond donors (Lipinski definition) is 2. The summed E-state index contributed by atoms with van der Waals surface area (Å²) in [7, 11) is 2.11. The topological polar surface area (TPSA) is 68.8 Å². The second-order valence-electron chi connectivity index (χ2n) is 7.23. The van der Waals surface area contributed by atoms with Crippen LogP contribution in [0, 0.1) is 0 Å². The van der Waals surface area contributed by atoms with Gasteiger partial charge in [-0.05, 0) is 50.1 Å². The summed E-state index contributed by atoms with van der Waals surface area (Å²) in [5, 5.41) is 12.0. The van der Waals surface area contributed by atoms with E-state index in [1.807, 2.05) is 18.3 Å². The van der Waals surface area contributed by atoms with Crippen LogP contribution in [0.25, 0.3) is 16.5 Å². The molecule has 138 valence electrons. The number of rotatable bonds is 4. The summed E-state index contributed by atoms with van der Waals surface area (Å²) in [6, 6.07) is 5.54. The number of fused-ring (bicyclic) bond motifs is 1. The predicted octanol–water partition coefficient (Wildman–Crippen LogP) is 2.90. The minimum absolute atomic E-state index is 0.0696. The second kappa shape index (κ2) is 7.23. The summed E-state index contributed by atoms with van der Waals surface area (Å²) in [6.45, 7) is 2.89. The maximum Gasteiger partial charge on any atom is 0.277 e. The molecule has 6 nitrogen and oxygen atoms in total. The summed E-state index contributed by atoms with van der Waals surface area (Å²) in [6.07, 6.45) is 7.05. The highest BCUT2D eigenvalue weighted by Crippen LogP contribution is 2.30. The fourth-order valence-corrected chi connectivity index (χ4v) is 3.75. The van der Waals surface area contributed by atoms with Crippen LogP contribution in [0.3, 0.4) is 0 Å². The lowest BCUT2D eigenvalue weighted by molar-refractivity contribution is -0.0823. The third-order valence-corrected chi connectivity index (χ3v) is 5.32. The van der Waals surface area contributed by atoms with Crippen molar-refractivity contribution in [1.29, 1.82) is 0 Å². The monoisotopic (exact) mass is 355 g/mol. The Morgan fingerprint density at radius 1 is 1.46 bits per heavy atom. The number of nitrogens with one attached hydrogen (secondary N) is 1. The molecule has 0 aliphatic carbocycles. The number of H-pyrrole nitrogens is 1. The number of benzene rings is 1. The zero-order valence-corrected chi connectivity index (χ0v) is 15.1. The number of hydroxylamine groups is 2. The van der Waals surface area contributed by atoms with E-state index >= 15 is 0 Å². The van der Waals surface area contributed by atoms with Crippen LogP contribution in [0.5, 0.6) is 0 Å². The maximum absolute atomic E-state index is 12.6. The van der Waals surface area contributed by atoms with Crippen LogP contribution in [0.2, 0.25) is 0 Å². The van der Waals surface area contributed by atoms with E-state index in [1.54, 1.807) is 6.07 Å². The molecule has 1 atom stereocenters. The van der Waals surface area contributed by atoms with Gasteiger partial charge in [-0.15, -0.1) is 0 Å². The number of nitrogens with zero attached hydrogens (tertiary/aromatic N) is 2. The average molecular weight is 355 g/mol. The Kier molecular flexibility index (Phi) is 4.80. The van der Waals surface area contributed by atoms with Crippen molar-refractivity contribution in [2.24, 2.45) is 0 Å². The molecule has 4 rings (SSSR count). The molecule has 2 aromatic rings. The van der Waals surface area contributed by atoms with Crippen molar-refractivity contribution in [3.05, 3.63) is 41.6 Å². The molecular formula is C20H25N3O3. The van der Waals surface area contributed by atoms with Gasteiger partial charge in [0.1, 0.15) is 0 Å². The lowest BCUT2D eigenvalue weighted by Crippen LogP contribution is -2.34. The normalized spacial score (nSPS) is 21.2. The molecule has 2 aliphatic rings. The van der Waals surface area contributed by atoms with E-state index in [0.717, 1.165) is 53.9 Å². The van der Waals surface area contributed by atoms with Gasteiger partial charge in [0.25, 0.3) is 5.91 Å². The highest BCUT2D eigenvalue weighted by molar-refractivity contribution is 6.00. The number of aromatic amines is 1. The highest BCUT2D eigenvalue weighted by atomic mass is 16.5. The molecule has 26 heavy (non-hydrogen) atoms. The molecule has 1 fully saturated rings. The summed E-state index contributed by atoms with van der Waals surface area (Å²) < 4.78 is 5.50. The Balaban J connectivity index is 1.58. The zero-order valence-electron chi connectivity index (χ0n) is 15.1. The number of hydrogen-bond acceptors (Lipinski definition) is 4. The Labute approximate surface area is 153 Å². The molecule has 1 aromatic carbocycles. The number of likely N-dealkylation sites (N-methyl/N-ethyl adjacent to an activating group) is 1. The smallest absolute Gasteiger partial charge is 0.277 e. The van der Waals surface area contributed by atoms with E-state index in [2.05, 4.69) is 23.0 Å². The molecule has 6 heteroatoms. The third-order valence-electron chi connectivity index (χ3n) is 5.32. The van der Waals surface area contributed by atoms with E-state index in [0.29, 0.717) is 12.2 Å². The number of aromatic nitrogens is 1. The van der Waals surface area contributed by atoms with E-state index < -0.39 is 0 Å². The first-order chi connectivity index (χ1) is 12.6. The first kappa shape index (κ1) is 17.3. The van der Waals surface area contributed by atoms with Gasteiger partial charge in [0, 0.05) is 47.9 Å². The van der Waals surface area contributed by atoms with Crippen LogP contribution in [0.15, 0.2) is 30.5 Å². The summed E-state index contributed by atoms with van der Waals surface area (Å²) >= 11 is 0. The van der Waals surface area contributed by atoms with Crippen LogP contribution in [0.1, 0.15) is 35.2 Å². The van der Waals surface area contributed by atoms with Crippen molar-refractivity contribution >= 4 is 22.4 Å². The quantitative estimate of drug-likeness (QED) is 0.654. The number of carbonyl (C=O) groups is 1. The molecule has 0 spiro atoms. The minimum atomic E-state index is -0.382. The zero-order chi connectivity index (χ0) is 18.1. The third kappa shape index (κ3) is 3.40. The van der Waals surface area contributed by atoms with E-state index in [-0.39, 0.29) is 18.6 Å². The van der Waals surface area contributed by atoms with Crippen LogP contribution in [-0.2, 0) is 4.74 Å². The Hall–Kier alpha value is -2.15. The van der Waals surface area contributed by atoms with Gasteiger partial charge in [0.15, 0.2) is 0 Å². The highest BCUT2D eigenvalue weighted by Gasteiger charge is 2.23. The SMILES string of the molecule is CN1CC=C(c2c[nH]c3ccc(C(=O)N(O)CC4CCCO4)cc23)CC1. The first-order valence-electron chi connectivity index (χ1n) is 9.23. The average Bonchev–Trinajstić information content (AvgIpc) is 3.31. The van der Waals surface area contributed by atoms with Crippen LogP contribution in [0.4, 0.5) is 0 Å². The molecular weight excluding hydrogens is 330 g/mol. The van der Waals surface area contributed by atoms with Gasteiger partial charge in [-0.2, -0.15) is 0 Å². The number of amides is 1. The van der Waals surface area contributed by atoms with Crippen molar-refractivity contribution in [3.8, 4) is 0 Å². The largest absolute Gasteiger partial charge is 0.376 e. The van der Waals surface area contributed by atoms with Gasteiger partial charge in [-0.1, -0.05) is 6.08 Å². The van der Waals surface area contributed by atoms with Crippen molar-refractivity contribution in [3.63, 3.8) is 0 Å². The molecule has 0 bridgehead atoms. The molecule has 1 aromatic heterocycles. The summed E-state index contributed by atoms with van der Waals surface area (Å²) in [5.41, 5.74) is 3.94. The van der Waals surface area contributed by atoms with E-state index in [9.17, 15) is 10.0 Å². The molecule has 2 aliphatic heterocycles. The molecule has 2 N–H and O–H groups in total. The Morgan fingerprint density at radius 2 is 2.35 bits per heavy atom. The van der Waals surface area contributed by atoms with Gasteiger partial charge >= 0.3 is 0 Å². The fourth-order valence-electron chi connectivity index (χ4n) is 3.75. The van der Waals surface area contributed by atoms with Gasteiger partial charge in [-0.25, -0.2) is 5.06 Å². The number of carbonyl (C=O) groups excluding carboxylic acids is 1. The first-order valence-corrected chi connectivity index (χ1v) is 9.23. The van der Waals surface area contributed by atoms with Crippen molar-refractivity contribution in [2.45, 2.75) is 25.4 Å². The van der Waals surface area contributed by atoms with E-state index in [4.69, 9.17) is 4.74 Å². The van der Waals surface area contributed by atoms with Gasteiger partial charge in [0.05, 0.1) is 12.6 Å².